The molecule has 3 heterocycles. The molecule has 1 aliphatic heterocycles. The van der Waals surface area contributed by atoms with Gasteiger partial charge >= 0.3 is 0 Å². The second kappa shape index (κ2) is 20.9. The number of pyridine rings is 1. The molecular formula is C73H81N4OPt-3. The fourth-order valence-electron chi connectivity index (χ4n) is 11.1. The number of hydrogen-bond acceptors (Lipinski definition) is 4. The smallest absolute Gasteiger partial charge is 0.135 e. The summed E-state index contributed by atoms with van der Waals surface area (Å²) in [6.07, 6.45) is 1.94. The van der Waals surface area contributed by atoms with Crippen LogP contribution in [-0.2, 0) is 48.1 Å². The molecule has 0 fully saturated rings. The molecule has 7 aromatic carbocycles. The van der Waals surface area contributed by atoms with E-state index in [4.69, 9.17) is 9.72 Å². The van der Waals surface area contributed by atoms with Gasteiger partial charge in [-0.25, -0.2) is 4.98 Å². The minimum absolute atomic E-state index is 0. The SMILES string of the molecule is CC(C)c1cccc(C(C)C)c1-c1ccc2c(c1)N(c1[c-]c(Oc3[c-]c4c(cc3)c3ccc(C(C)(C)c5ccccc5)cc3n4-c3cc(C(C)(C)C)ccn3)cc(C(C)(C)C)c1)[CH-]N2c1cc(C(C)(C)C)cc(C(C)(C)C)c1.[Pt]. The Morgan fingerprint density at radius 2 is 1.09 bits per heavy atom. The molecule has 0 aliphatic carbocycles. The maximum atomic E-state index is 7.11. The van der Waals surface area contributed by atoms with Crippen LogP contribution in [0.1, 0.15) is 181 Å². The summed E-state index contributed by atoms with van der Waals surface area (Å²) >= 11 is 0. The maximum absolute atomic E-state index is 7.11. The van der Waals surface area contributed by atoms with Crippen LogP contribution in [0.25, 0.3) is 38.8 Å². The fourth-order valence-corrected chi connectivity index (χ4v) is 11.1. The zero-order valence-corrected chi connectivity index (χ0v) is 52.4. The van der Waals surface area contributed by atoms with Crippen LogP contribution >= 0.6 is 0 Å². The molecule has 0 N–H and O–H groups in total. The van der Waals surface area contributed by atoms with Gasteiger partial charge in [-0.15, -0.1) is 53.6 Å². The first-order chi connectivity index (χ1) is 36.6. The molecule has 1 aliphatic rings. The molecule has 79 heavy (non-hydrogen) atoms. The molecule has 0 bridgehead atoms. The Bertz CT molecular complexity index is 3660. The normalized spacial score (nSPS) is 13.5. The van der Waals surface area contributed by atoms with Gasteiger partial charge in [-0.3, -0.25) is 0 Å². The van der Waals surface area contributed by atoms with Gasteiger partial charge in [0.15, 0.2) is 0 Å². The molecule has 0 amide bonds. The van der Waals surface area contributed by atoms with Crippen LogP contribution < -0.4 is 14.5 Å². The largest absolute Gasteiger partial charge is 0.509 e. The summed E-state index contributed by atoms with van der Waals surface area (Å²) in [5.74, 6) is 2.78. The summed E-state index contributed by atoms with van der Waals surface area (Å²) in [6, 6.07) is 59.5. The van der Waals surface area contributed by atoms with Crippen molar-refractivity contribution in [3.05, 3.63) is 209 Å². The third kappa shape index (κ3) is 11.1. The van der Waals surface area contributed by atoms with Crippen molar-refractivity contribution in [3.63, 3.8) is 0 Å². The second-order valence-electron chi connectivity index (χ2n) is 27.2. The number of benzene rings is 7. The molecule has 0 saturated carbocycles. The van der Waals surface area contributed by atoms with Crippen molar-refractivity contribution in [2.75, 3.05) is 9.80 Å². The van der Waals surface area contributed by atoms with E-state index in [1.54, 1.807) is 0 Å². The van der Waals surface area contributed by atoms with Gasteiger partial charge < -0.3 is 19.1 Å². The van der Waals surface area contributed by atoms with E-state index in [1.165, 1.54) is 50.1 Å². The molecule has 9 aromatic rings. The number of ether oxygens (including phenoxy) is 1. The van der Waals surface area contributed by atoms with Gasteiger partial charge in [-0.1, -0.05) is 203 Å². The van der Waals surface area contributed by atoms with Crippen LogP contribution in [0.4, 0.5) is 22.7 Å². The summed E-state index contributed by atoms with van der Waals surface area (Å²) in [6.45, 7) is 43.5. The maximum Gasteiger partial charge on any atom is 0.135 e. The van der Waals surface area contributed by atoms with Crippen LogP contribution in [0, 0.1) is 18.8 Å². The number of hydrogen-bond donors (Lipinski definition) is 0. The summed E-state index contributed by atoms with van der Waals surface area (Å²) < 4.78 is 9.39. The van der Waals surface area contributed by atoms with Gasteiger partial charge in [0.25, 0.3) is 0 Å². The van der Waals surface area contributed by atoms with Crippen molar-refractivity contribution in [1.29, 1.82) is 0 Å². The van der Waals surface area contributed by atoms with Crippen LogP contribution in [0.3, 0.4) is 0 Å². The summed E-state index contributed by atoms with van der Waals surface area (Å²) in [7, 11) is 0. The Balaban J connectivity index is 0.00000757. The Morgan fingerprint density at radius 3 is 1.70 bits per heavy atom. The molecule has 0 unspecified atom stereocenters. The first kappa shape index (κ1) is 57.3. The van der Waals surface area contributed by atoms with Crippen LogP contribution in [0.5, 0.6) is 11.5 Å². The summed E-state index contributed by atoms with van der Waals surface area (Å²) in [4.78, 5) is 9.79. The number of aromatic nitrogens is 2. The predicted octanol–water partition coefficient (Wildman–Crippen LogP) is 20.4. The van der Waals surface area contributed by atoms with Crippen molar-refractivity contribution < 1.29 is 25.8 Å². The average Bonchev–Trinajstić information content (AvgIpc) is 4.19. The van der Waals surface area contributed by atoms with E-state index >= 15 is 0 Å². The quantitative estimate of drug-likeness (QED) is 0.128. The molecule has 2 aromatic heterocycles. The zero-order chi connectivity index (χ0) is 56.0. The molecule has 10 rings (SSSR count). The Kier molecular flexibility index (Phi) is 15.2. The van der Waals surface area contributed by atoms with E-state index in [2.05, 4.69) is 297 Å². The third-order valence-corrected chi connectivity index (χ3v) is 16.2. The number of anilines is 4. The van der Waals surface area contributed by atoms with Gasteiger partial charge in [0.2, 0.25) is 0 Å². The molecule has 412 valence electrons. The Hall–Kier alpha value is -6.42. The standard InChI is InChI=1S/C73H81N4O.Pt/c1-46(2)59-25-22-26-60(47(3)4)68(59)48-27-32-63-66(35-48)76(45-75(63)55-37-52(70(8,9)10)36-53(38-55)71(11,12)13)56-39-54(72(14,15)16)40-58(43-56)78-57-29-31-62-61-30-28-51(73(17,18)49-23-20-19-21-24-49)41-64(61)77(65(62)44-57)67-42-50(33-34-74-67)69(5,6)7;/h19-42,45-47H,1-18H3;/q-3;. The van der Waals surface area contributed by atoms with Gasteiger partial charge in [-0.2, -0.15) is 6.07 Å². The number of rotatable bonds is 10. The van der Waals surface area contributed by atoms with Gasteiger partial charge in [-0.05, 0) is 131 Å². The van der Waals surface area contributed by atoms with Crippen molar-refractivity contribution in [1.82, 2.24) is 9.55 Å². The topological polar surface area (TPSA) is 33.5 Å². The van der Waals surface area contributed by atoms with E-state index in [0.29, 0.717) is 23.3 Å². The van der Waals surface area contributed by atoms with Crippen molar-refractivity contribution in [3.8, 4) is 28.4 Å². The number of nitrogens with zero attached hydrogens (tertiary/aromatic N) is 4. The minimum atomic E-state index is -0.242. The molecule has 0 atom stereocenters. The van der Waals surface area contributed by atoms with Gasteiger partial charge in [0.05, 0.1) is 0 Å². The monoisotopic (exact) mass is 1220 g/mol. The van der Waals surface area contributed by atoms with E-state index in [-0.39, 0.29) is 48.1 Å². The second-order valence-corrected chi connectivity index (χ2v) is 27.2. The van der Waals surface area contributed by atoms with E-state index in [9.17, 15) is 0 Å². The fraction of sp³-hybridized carbons (Fsp3) is 0.342. The minimum Gasteiger partial charge on any atom is -0.509 e. The molecule has 6 heteroatoms. The van der Waals surface area contributed by atoms with Crippen molar-refractivity contribution >= 4 is 44.6 Å². The Morgan fingerprint density at radius 1 is 0.481 bits per heavy atom. The van der Waals surface area contributed by atoms with E-state index in [1.807, 2.05) is 6.20 Å². The van der Waals surface area contributed by atoms with E-state index < -0.39 is 0 Å². The van der Waals surface area contributed by atoms with Gasteiger partial charge in [0, 0.05) is 66.8 Å². The van der Waals surface area contributed by atoms with Crippen LogP contribution in [-0.4, -0.2) is 9.55 Å². The first-order valence-corrected chi connectivity index (χ1v) is 28.2. The van der Waals surface area contributed by atoms with Crippen LogP contribution in [0.15, 0.2) is 146 Å². The first-order valence-electron chi connectivity index (χ1n) is 28.2. The third-order valence-electron chi connectivity index (χ3n) is 16.2. The molecule has 0 saturated heterocycles. The van der Waals surface area contributed by atoms with E-state index in [0.717, 1.165) is 55.9 Å². The zero-order valence-electron chi connectivity index (χ0n) is 50.1. The Labute approximate surface area is 487 Å². The molecule has 0 spiro atoms. The summed E-state index contributed by atoms with van der Waals surface area (Å²) in [5, 5.41) is 2.22. The molecule has 5 nitrogen and oxygen atoms in total. The van der Waals surface area contributed by atoms with Crippen LogP contribution in [0.2, 0.25) is 0 Å². The van der Waals surface area contributed by atoms with Crippen molar-refractivity contribution in [2.24, 2.45) is 0 Å². The van der Waals surface area contributed by atoms with Crippen molar-refractivity contribution in [2.45, 2.75) is 164 Å². The summed E-state index contributed by atoms with van der Waals surface area (Å²) in [5.41, 5.74) is 18.3. The molecular weight excluding hydrogens is 1140 g/mol. The number of fused-ring (bicyclic) bond motifs is 4. The van der Waals surface area contributed by atoms with Gasteiger partial charge in [0.1, 0.15) is 5.82 Å². The predicted molar refractivity (Wildman–Crippen MR) is 331 cm³/mol. The molecule has 0 radical (unpaired) electrons. The average molecular weight is 1230 g/mol.